The molecule has 1 aromatic heterocycles. The predicted octanol–water partition coefficient (Wildman–Crippen LogP) is 1.03. The van der Waals surface area contributed by atoms with Gasteiger partial charge in [-0.2, -0.15) is 0 Å². The third-order valence-corrected chi connectivity index (χ3v) is 2.28. The maximum absolute atomic E-state index is 10.7. The number of nitrogens with zero attached hydrogens (tertiary/aromatic N) is 1. The Kier molecular flexibility index (Phi) is 5.41. The van der Waals surface area contributed by atoms with E-state index in [0.717, 1.165) is 6.20 Å². The van der Waals surface area contributed by atoms with Crippen LogP contribution in [0.3, 0.4) is 0 Å². The fraction of sp³-hybridized carbons (Fsp3) is 0.250. The van der Waals surface area contributed by atoms with E-state index in [1.54, 1.807) is 0 Å². The number of rotatable bonds is 2. The maximum atomic E-state index is 10.7. The molecule has 1 rings (SSSR count). The number of hydrogen-bond donors (Lipinski definition) is 1. The van der Waals surface area contributed by atoms with Crippen LogP contribution >= 0.6 is 11.6 Å². The van der Waals surface area contributed by atoms with E-state index < -0.39 is 15.5 Å². The lowest BCUT2D eigenvalue weighted by molar-refractivity contribution is -0.521. The molecule has 15 heavy (non-hydrogen) atoms. The van der Waals surface area contributed by atoms with Crippen molar-refractivity contribution < 1.29 is 21.7 Å². The van der Waals surface area contributed by atoms with Crippen molar-refractivity contribution in [3.8, 4) is 0 Å². The van der Waals surface area contributed by atoms with Crippen LogP contribution in [0.4, 0.5) is 0 Å². The van der Waals surface area contributed by atoms with Crippen molar-refractivity contribution in [2.24, 2.45) is 0 Å². The number of carbonyl (C=O) groups is 1. The van der Waals surface area contributed by atoms with E-state index in [0.29, 0.717) is 3.97 Å². The first-order valence-electron chi connectivity index (χ1n) is 4.11. The first-order valence-corrected chi connectivity index (χ1v) is 5.89. The van der Waals surface area contributed by atoms with Gasteiger partial charge in [0.15, 0.2) is 6.20 Å². The Morgan fingerprint density at radius 2 is 1.93 bits per heavy atom. The molecule has 0 aliphatic heterocycles. The van der Waals surface area contributed by atoms with Crippen molar-refractivity contribution in [1.29, 1.82) is 0 Å². The van der Waals surface area contributed by atoms with Gasteiger partial charge in [-0.15, -0.1) is 8.42 Å². The van der Waals surface area contributed by atoms with Gasteiger partial charge in [0.25, 0.3) is 5.69 Å². The van der Waals surface area contributed by atoms with Crippen LogP contribution in [-0.2, 0) is 10.3 Å². The van der Waals surface area contributed by atoms with Gasteiger partial charge in [0.1, 0.15) is 0 Å². The smallest absolute Gasteiger partial charge is 0.269 e. The molecule has 0 saturated heterocycles. The first kappa shape index (κ1) is 14.0. The zero-order valence-corrected chi connectivity index (χ0v) is 9.79. The van der Waals surface area contributed by atoms with E-state index in [4.69, 9.17) is 16.2 Å². The standard InChI is InChI=1S/C6H4ClNO4S.C2H6/c7-6(9)5-3-1-2-4-8(5)13(10,11)12;1-2/h1-4H;1-2H3/p+1. The maximum Gasteiger partial charge on any atom is 0.512 e. The number of halogens is 1. The van der Waals surface area contributed by atoms with Gasteiger partial charge in [0, 0.05) is 12.1 Å². The van der Waals surface area contributed by atoms with Gasteiger partial charge in [0.05, 0.1) is 0 Å². The summed E-state index contributed by atoms with van der Waals surface area (Å²) in [5, 5.41) is -0.960. The Balaban J connectivity index is 0.000000921. The third-order valence-electron chi connectivity index (χ3n) is 1.27. The zero-order chi connectivity index (χ0) is 12.1. The van der Waals surface area contributed by atoms with Crippen molar-refractivity contribution in [1.82, 2.24) is 0 Å². The summed E-state index contributed by atoms with van der Waals surface area (Å²) in [6.07, 6.45) is 1.02. The fourth-order valence-electron chi connectivity index (χ4n) is 0.782. The fourth-order valence-corrected chi connectivity index (χ4v) is 1.60. The Hall–Kier alpha value is -0.980. The molecule has 0 bridgehead atoms. The lowest BCUT2D eigenvalue weighted by atomic mass is 10.4. The van der Waals surface area contributed by atoms with E-state index >= 15 is 0 Å². The second-order valence-electron chi connectivity index (χ2n) is 2.13. The molecule has 1 heterocycles. The summed E-state index contributed by atoms with van der Waals surface area (Å²) >= 11 is 5.08. The second-order valence-corrected chi connectivity index (χ2v) is 3.77. The van der Waals surface area contributed by atoms with Crippen LogP contribution in [0, 0.1) is 0 Å². The summed E-state index contributed by atoms with van der Waals surface area (Å²) in [6.45, 7) is 4.00. The molecule has 0 aliphatic carbocycles. The van der Waals surface area contributed by atoms with Crippen LogP contribution in [0.15, 0.2) is 24.4 Å². The van der Waals surface area contributed by atoms with Gasteiger partial charge < -0.3 is 0 Å². The molecule has 0 fully saturated rings. The van der Waals surface area contributed by atoms with E-state index in [1.807, 2.05) is 13.8 Å². The zero-order valence-electron chi connectivity index (χ0n) is 8.21. The highest BCUT2D eigenvalue weighted by atomic mass is 35.5. The Morgan fingerprint density at radius 1 is 1.40 bits per heavy atom. The molecular weight excluding hydrogens is 242 g/mol. The normalized spacial score (nSPS) is 10.1. The summed E-state index contributed by atoms with van der Waals surface area (Å²) < 4.78 is 30.4. The molecule has 7 heteroatoms. The highest BCUT2D eigenvalue weighted by Gasteiger charge is 2.26. The van der Waals surface area contributed by atoms with Crippen molar-refractivity contribution in [2.45, 2.75) is 13.8 Å². The van der Waals surface area contributed by atoms with Gasteiger partial charge in [-0.25, -0.2) is 4.55 Å². The Labute approximate surface area is 93.2 Å². The van der Waals surface area contributed by atoms with E-state index in [9.17, 15) is 13.2 Å². The molecule has 0 radical (unpaired) electrons. The molecule has 0 saturated carbocycles. The lowest BCUT2D eigenvalue weighted by Gasteiger charge is -1.93. The molecule has 0 amide bonds. The van der Waals surface area contributed by atoms with Gasteiger partial charge in [-0.05, 0) is 17.7 Å². The van der Waals surface area contributed by atoms with Gasteiger partial charge >= 0.3 is 15.5 Å². The minimum absolute atomic E-state index is 0.313. The highest BCUT2D eigenvalue weighted by Crippen LogP contribution is 1.97. The molecule has 0 aliphatic rings. The van der Waals surface area contributed by atoms with Crippen LogP contribution in [0.25, 0.3) is 0 Å². The van der Waals surface area contributed by atoms with Crippen LogP contribution in [0.5, 0.6) is 0 Å². The molecule has 1 N–H and O–H groups in total. The largest absolute Gasteiger partial charge is 0.512 e. The predicted molar refractivity (Wildman–Crippen MR) is 55.1 cm³/mol. The van der Waals surface area contributed by atoms with Crippen LogP contribution in [-0.4, -0.2) is 18.2 Å². The minimum atomic E-state index is -4.47. The van der Waals surface area contributed by atoms with E-state index in [1.165, 1.54) is 18.2 Å². The number of pyridine rings is 1. The first-order chi connectivity index (χ1) is 6.93. The number of carbonyl (C=O) groups excluding carboxylic acids is 1. The molecule has 0 spiro atoms. The molecule has 0 unspecified atom stereocenters. The topological polar surface area (TPSA) is 75.3 Å². The van der Waals surface area contributed by atoms with Crippen molar-refractivity contribution in [3.63, 3.8) is 0 Å². The monoisotopic (exact) mass is 252 g/mol. The lowest BCUT2D eigenvalue weighted by Crippen LogP contribution is -2.46. The summed E-state index contributed by atoms with van der Waals surface area (Å²) in [5.41, 5.74) is -0.313. The van der Waals surface area contributed by atoms with E-state index in [2.05, 4.69) is 0 Å². The summed E-state index contributed by atoms with van der Waals surface area (Å²) in [6, 6.07) is 3.96. The number of aromatic nitrogens is 1. The van der Waals surface area contributed by atoms with E-state index in [-0.39, 0.29) is 5.69 Å². The van der Waals surface area contributed by atoms with Crippen molar-refractivity contribution in [2.75, 3.05) is 0 Å². The summed E-state index contributed by atoms with van der Waals surface area (Å²) in [5.74, 6) is 0. The molecule has 5 nitrogen and oxygen atoms in total. The van der Waals surface area contributed by atoms with Gasteiger partial charge in [-0.1, -0.05) is 17.8 Å². The van der Waals surface area contributed by atoms with Crippen LogP contribution < -0.4 is 3.97 Å². The molecule has 0 atom stereocenters. The average Bonchev–Trinajstić information content (AvgIpc) is 2.19. The Bertz CT molecular complexity index is 444. The highest BCUT2D eigenvalue weighted by molar-refractivity contribution is 7.79. The van der Waals surface area contributed by atoms with Gasteiger partial charge in [0.2, 0.25) is 0 Å². The average molecular weight is 253 g/mol. The van der Waals surface area contributed by atoms with Crippen LogP contribution in [0.1, 0.15) is 24.3 Å². The summed E-state index contributed by atoms with van der Waals surface area (Å²) in [7, 11) is -4.47. The molecule has 0 aromatic carbocycles. The second kappa shape index (κ2) is 5.79. The molecule has 1 aromatic rings. The van der Waals surface area contributed by atoms with Crippen molar-refractivity contribution >= 4 is 27.1 Å². The third kappa shape index (κ3) is 3.94. The molecule has 84 valence electrons. The SMILES string of the molecule is CC.O=C(Cl)c1cccc[n+]1S(=O)(=O)O. The minimum Gasteiger partial charge on any atom is -0.269 e. The van der Waals surface area contributed by atoms with Gasteiger partial charge in [-0.3, -0.25) is 4.79 Å². The quantitative estimate of drug-likeness (QED) is 0.485. The molecular formula is C8H11ClNO4S+. The Morgan fingerprint density at radius 3 is 2.27 bits per heavy atom. The van der Waals surface area contributed by atoms with Crippen LogP contribution in [0.2, 0.25) is 0 Å². The number of hydrogen-bond acceptors (Lipinski definition) is 3. The van der Waals surface area contributed by atoms with Crippen molar-refractivity contribution in [3.05, 3.63) is 30.1 Å². The summed E-state index contributed by atoms with van der Waals surface area (Å²) in [4.78, 5) is 10.7.